The number of hydrogen-bond donors (Lipinski definition) is 2. The number of halogens is 1. The number of carbonyl (C=O) groups is 1. The SMILES string of the molecule is Cc1ccc(Nc2ccc(-c3cc(OC(C)C)ccc3F)nc2)c(C(=O)O)c1. The number of carboxylic acids is 1. The predicted octanol–water partition coefficient (Wildman–Crippen LogP) is 5.43. The molecule has 2 aromatic carbocycles. The highest BCUT2D eigenvalue weighted by molar-refractivity contribution is 5.95. The molecular formula is C22H21FN2O3. The molecule has 0 fully saturated rings. The van der Waals surface area contributed by atoms with Crippen LogP contribution in [0, 0.1) is 12.7 Å². The predicted molar refractivity (Wildman–Crippen MR) is 107 cm³/mol. The number of ether oxygens (including phenoxy) is 1. The fourth-order valence-electron chi connectivity index (χ4n) is 2.77. The molecule has 2 N–H and O–H groups in total. The van der Waals surface area contributed by atoms with Crippen molar-refractivity contribution in [3.63, 3.8) is 0 Å². The zero-order valence-corrected chi connectivity index (χ0v) is 15.9. The number of pyridine rings is 1. The van der Waals surface area contributed by atoms with E-state index in [1.807, 2.05) is 26.8 Å². The second-order valence-electron chi connectivity index (χ2n) is 6.72. The normalized spacial score (nSPS) is 10.8. The Morgan fingerprint density at radius 3 is 2.57 bits per heavy atom. The molecule has 0 spiro atoms. The standard InChI is InChI=1S/C22H21FN2O3/c1-13(2)28-16-6-7-19(23)17(11-16)20-9-5-15(12-24-20)25-21-8-4-14(3)10-18(21)22(26)27/h4-13,25H,1-3H3,(H,26,27). The van der Waals surface area contributed by atoms with Crippen LogP contribution in [0.1, 0.15) is 29.8 Å². The van der Waals surface area contributed by atoms with Crippen molar-refractivity contribution in [3.05, 3.63) is 71.7 Å². The van der Waals surface area contributed by atoms with Crippen molar-refractivity contribution < 1.29 is 19.0 Å². The highest BCUT2D eigenvalue weighted by Crippen LogP contribution is 2.28. The maximum atomic E-state index is 14.2. The Bertz CT molecular complexity index is 1000. The molecule has 0 unspecified atom stereocenters. The third-order valence-electron chi connectivity index (χ3n) is 4.03. The van der Waals surface area contributed by atoms with E-state index in [0.29, 0.717) is 28.4 Å². The summed E-state index contributed by atoms with van der Waals surface area (Å²) >= 11 is 0. The number of anilines is 2. The van der Waals surface area contributed by atoms with Crippen molar-refractivity contribution in [2.75, 3.05) is 5.32 Å². The van der Waals surface area contributed by atoms with Crippen LogP contribution >= 0.6 is 0 Å². The van der Waals surface area contributed by atoms with E-state index >= 15 is 0 Å². The van der Waals surface area contributed by atoms with Gasteiger partial charge in [0.1, 0.15) is 11.6 Å². The van der Waals surface area contributed by atoms with Gasteiger partial charge in [-0.05, 0) is 63.2 Å². The van der Waals surface area contributed by atoms with Gasteiger partial charge in [-0.15, -0.1) is 0 Å². The Balaban J connectivity index is 1.86. The first-order chi connectivity index (χ1) is 13.3. The summed E-state index contributed by atoms with van der Waals surface area (Å²) in [6.07, 6.45) is 1.52. The number of nitrogens with one attached hydrogen (secondary N) is 1. The molecule has 3 aromatic rings. The van der Waals surface area contributed by atoms with Gasteiger partial charge in [0.15, 0.2) is 0 Å². The van der Waals surface area contributed by atoms with Gasteiger partial charge >= 0.3 is 5.97 Å². The van der Waals surface area contributed by atoms with Gasteiger partial charge in [0.05, 0.1) is 34.9 Å². The van der Waals surface area contributed by atoms with Crippen molar-refractivity contribution >= 4 is 17.3 Å². The van der Waals surface area contributed by atoms with Crippen LogP contribution in [0.3, 0.4) is 0 Å². The van der Waals surface area contributed by atoms with Crippen molar-refractivity contribution in [1.82, 2.24) is 4.98 Å². The fraction of sp³-hybridized carbons (Fsp3) is 0.182. The second kappa shape index (κ2) is 8.08. The van der Waals surface area contributed by atoms with Crippen molar-refractivity contribution in [2.24, 2.45) is 0 Å². The third kappa shape index (κ3) is 4.46. The summed E-state index contributed by atoms with van der Waals surface area (Å²) in [5.41, 5.74) is 2.89. The lowest BCUT2D eigenvalue weighted by molar-refractivity contribution is 0.0698. The fourth-order valence-corrected chi connectivity index (χ4v) is 2.77. The number of benzene rings is 2. The maximum Gasteiger partial charge on any atom is 0.337 e. The first-order valence-corrected chi connectivity index (χ1v) is 8.87. The smallest absolute Gasteiger partial charge is 0.337 e. The minimum absolute atomic E-state index is 0.0178. The average molecular weight is 380 g/mol. The monoisotopic (exact) mass is 380 g/mol. The molecule has 5 nitrogen and oxygen atoms in total. The Morgan fingerprint density at radius 1 is 1.14 bits per heavy atom. The molecule has 0 aliphatic rings. The van der Waals surface area contributed by atoms with Crippen molar-refractivity contribution in [1.29, 1.82) is 0 Å². The quantitative estimate of drug-likeness (QED) is 0.597. The summed E-state index contributed by atoms with van der Waals surface area (Å²) in [5.74, 6) is -0.836. The van der Waals surface area contributed by atoms with E-state index in [4.69, 9.17) is 4.74 Å². The lowest BCUT2D eigenvalue weighted by Crippen LogP contribution is -2.05. The van der Waals surface area contributed by atoms with Crippen molar-refractivity contribution in [3.8, 4) is 17.0 Å². The molecular weight excluding hydrogens is 359 g/mol. The van der Waals surface area contributed by atoms with E-state index in [1.165, 1.54) is 12.3 Å². The largest absolute Gasteiger partial charge is 0.491 e. The first kappa shape index (κ1) is 19.4. The second-order valence-corrected chi connectivity index (χ2v) is 6.72. The van der Waals surface area contributed by atoms with Gasteiger partial charge in [-0.25, -0.2) is 9.18 Å². The van der Waals surface area contributed by atoms with Crippen LogP contribution in [0.4, 0.5) is 15.8 Å². The van der Waals surface area contributed by atoms with E-state index in [0.717, 1.165) is 5.56 Å². The number of aromatic nitrogens is 1. The molecule has 0 atom stereocenters. The van der Waals surface area contributed by atoms with E-state index < -0.39 is 11.8 Å². The lowest BCUT2D eigenvalue weighted by atomic mass is 10.1. The van der Waals surface area contributed by atoms with Crippen LogP contribution in [0.25, 0.3) is 11.3 Å². The molecule has 0 bridgehead atoms. The molecule has 28 heavy (non-hydrogen) atoms. The molecule has 0 saturated heterocycles. The van der Waals surface area contributed by atoms with Gasteiger partial charge in [0.25, 0.3) is 0 Å². The number of aromatic carboxylic acids is 1. The first-order valence-electron chi connectivity index (χ1n) is 8.87. The van der Waals surface area contributed by atoms with Gasteiger partial charge in [-0.3, -0.25) is 4.98 Å². The van der Waals surface area contributed by atoms with E-state index in [1.54, 1.807) is 36.4 Å². The maximum absolute atomic E-state index is 14.2. The van der Waals surface area contributed by atoms with Gasteiger partial charge < -0.3 is 15.2 Å². The summed E-state index contributed by atoms with van der Waals surface area (Å²) in [4.78, 5) is 15.8. The van der Waals surface area contributed by atoms with Gasteiger partial charge in [0.2, 0.25) is 0 Å². The molecule has 0 amide bonds. The minimum Gasteiger partial charge on any atom is -0.491 e. The highest BCUT2D eigenvalue weighted by atomic mass is 19.1. The van der Waals surface area contributed by atoms with E-state index in [2.05, 4.69) is 10.3 Å². The molecule has 1 aromatic heterocycles. The van der Waals surface area contributed by atoms with Crippen molar-refractivity contribution in [2.45, 2.75) is 26.9 Å². The Kier molecular flexibility index (Phi) is 5.59. The number of carboxylic acid groups (broad SMARTS) is 1. The molecule has 0 radical (unpaired) electrons. The Morgan fingerprint density at radius 2 is 1.93 bits per heavy atom. The Labute approximate surface area is 162 Å². The summed E-state index contributed by atoms with van der Waals surface area (Å²) in [6, 6.07) is 13.1. The van der Waals surface area contributed by atoms with Crippen LogP contribution in [0.5, 0.6) is 5.75 Å². The van der Waals surface area contributed by atoms with Gasteiger partial charge in [0, 0.05) is 5.56 Å². The van der Waals surface area contributed by atoms with Crippen LogP contribution in [0.2, 0.25) is 0 Å². The van der Waals surface area contributed by atoms with E-state index in [-0.39, 0.29) is 11.7 Å². The summed E-state index contributed by atoms with van der Waals surface area (Å²) in [6.45, 7) is 5.63. The summed E-state index contributed by atoms with van der Waals surface area (Å²) < 4.78 is 19.9. The summed E-state index contributed by atoms with van der Waals surface area (Å²) in [7, 11) is 0. The van der Waals surface area contributed by atoms with Gasteiger partial charge in [-0.1, -0.05) is 11.6 Å². The molecule has 0 aliphatic carbocycles. The molecule has 1 heterocycles. The Hall–Kier alpha value is -3.41. The third-order valence-corrected chi connectivity index (χ3v) is 4.03. The zero-order chi connectivity index (χ0) is 20.3. The topological polar surface area (TPSA) is 71.5 Å². The van der Waals surface area contributed by atoms with E-state index in [9.17, 15) is 14.3 Å². The molecule has 3 rings (SSSR count). The van der Waals surface area contributed by atoms with Crippen LogP contribution in [-0.2, 0) is 0 Å². The summed E-state index contributed by atoms with van der Waals surface area (Å²) in [5, 5.41) is 12.4. The molecule has 0 aliphatic heterocycles. The lowest BCUT2D eigenvalue weighted by Gasteiger charge is -2.12. The zero-order valence-electron chi connectivity index (χ0n) is 15.9. The average Bonchev–Trinajstić information content (AvgIpc) is 2.65. The molecule has 6 heteroatoms. The number of nitrogens with zero attached hydrogens (tertiary/aromatic N) is 1. The minimum atomic E-state index is -1.01. The molecule has 0 saturated carbocycles. The molecule has 144 valence electrons. The van der Waals surface area contributed by atoms with Gasteiger partial charge in [-0.2, -0.15) is 0 Å². The number of aryl methyl sites for hydroxylation is 1. The number of rotatable bonds is 6. The van der Waals surface area contributed by atoms with Crippen LogP contribution < -0.4 is 10.1 Å². The highest BCUT2D eigenvalue weighted by Gasteiger charge is 2.12. The van der Waals surface area contributed by atoms with Crippen LogP contribution in [0.15, 0.2) is 54.7 Å². The number of hydrogen-bond acceptors (Lipinski definition) is 4. The van der Waals surface area contributed by atoms with Crippen LogP contribution in [-0.4, -0.2) is 22.2 Å².